The lowest BCUT2D eigenvalue weighted by atomic mass is 10.1. The van der Waals surface area contributed by atoms with E-state index in [9.17, 15) is 4.79 Å². The largest absolute Gasteiger partial charge is 0.497 e. The van der Waals surface area contributed by atoms with Crippen molar-refractivity contribution in [1.29, 1.82) is 0 Å². The zero-order valence-corrected chi connectivity index (χ0v) is 13.6. The topological polar surface area (TPSA) is 50.8 Å². The summed E-state index contributed by atoms with van der Waals surface area (Å²) in [4.78, 5) is 14.5. The molecule has 0 bridgehead atoms. The van der Waals surface area contributed by atoms with Crippen molar-refractivity contribution in [3.8, 4) is 11.5 Å². The molecular weight excluding hydrogens is 304 g/mol. The van der Waals surface area contributed by atoms with Gasteiger partial charge in [-0.2, -0.15) is 0 Å². The van der Waals surface area contributed by atoms with Gasteiger partial charge in [-0.15, -0.1) is 12.4 Å². The average Bonchev–Trinajstić information content (AvgIpc) is 2.53. The van der Waals surface area contributed by atoms with Crippen molar-refractivity contribution in [3.05, 3.63) is 29.3 Å². The molecule has 5 nitrogen and oxygen atoms in total. The zero-order chi connectivity index (χ0) is 14.8. The van der Waals surface area contributed by atoms with E-state index >= 15 is 0 Å². The van der Waals surface area contributed by atoms with Crippen molar-refractivity contribution in [2.24, 2.45) is 0 Å². The molecule has 0 saturated carbocycles. The van der Waals surface area contributed by atoms with E-state index in [1.54, 1.807) is 7.11 Å². The first-order chi connectivity index (χ1) is 10.2. The number of methoxy groups -OCH3 is 1. The lowest BCUT2D eigenvalue weighted by Crippen LogP contribution is -2.52. The van der Waals surface area contributed by atoms with Crippen molar-refractivity contribution in [2.75, 3.05) is 33.4 Å². The number of amides is 1. The summed E-state index contributed by atoms with van der Waals surface area (Å²) in [5.74, 6) is 1.62. The minimum Gasteiger partial charge on any atom is -0.497 e. The molecule has 1 saturated heterocycles. The number of fused-ring (bicyclic) bond motifs is 1. The monoisotopic (exact) mass is 324 g/mol. The zero-order valence-electron chi connectivity index (χ0n) is 12.8. The third-order valence-corrected chi connectivity index (χ3v) is 3.86. The van der Waals surface area contributed by atoms with Crippen molar-refractivity contribution < 1.29 is 14.3 Å². The van der Waals surface area contributed by atoms with E-state index in [0.29, 0.717) is 18.2 Å². The van der Waals surface area contributed by atoms with Gasteiger partial charge in [0.1, 0.15) is 18.1 Å². The first-order valence-corrected chi connectivity index (χ1v) is 7.21. The summed E-state index contributed by atoms with van der Waals surface area (Å²) in [5, 5.41) is 3.34. The number of hydrogen-bond donors (Lipinski definition) is 1. The minimum absolute atomic E-state index is 0. The van der Waals surface area contributed by atoms with Crippen LogP contribution in [0.3, 0.4) is 0 Å². The second kappa shape index (κ2) is 7.03. The molecule has 3 rings (SSSR count). The molecule has 1 unspecified atom stereocenters. The van der Waals surface area contributed by atoms with Crippen LogP contribution in [-0.4, -0.2) is 50.2 Å². The van der Waals surface area contributed by atoms with Crippen LogP contribution in [0.2, 0.25) is 0 Å². The smallest absolute Gasteiger partial charge is 0.253 e. The van der Waals surface area contributed by atoms with Crippen LogP contribution >= 0.6 is 12.4 Å². The number of carbonyl (C=O) groups is 1. The minimum atomic E-state index is 0. The van der Waals surface area contributed by atoms with Gasteiger partial charge in [-0.3, -0.25) is 4.79 Å². The van der Waals surface area contributed by atoms with Gasteiger partial charge in [0.2, 0.25) is 0 Å². The molecule has 0 spiro atoms. The van der Waals surface area contributed by atoms with Gasteiger partial charge in [-0.25, -0.2) is 0 Å². The Kier molecular flexibility index (Phi) is 5.32. The fourth-order valence-electron chi connectivity index (χ4n) is 2.73. The third-order valence-electron chi connectivity index (χ3n) is 3.86. The second-order valence-electron chi connectivity index (χ2n) is 5.47. The van der Waals surface area contributed by atoms with Gasteiger partial charge < -0.3 is 19.7 Å². The number of halogens is 1. The van der Waals surface area contributed by atoms with Crippen LogP contribution in [0.4, 0.5) is 0 Å². The highest BCUT2D eigenvalue weighted by atomic mass is 35.5. The van der Waals surface area contributed by atoms with E-state index in [1.165, 1.54) is 0 Å². The fourth-order valence-corrected chi connectivity index (χ4v) is 2.73. The van der Waals surface area contributed by atoms with Crippen molar-refractivity contribution in [1.82, 2.24) is 10.2 Å². The molecule has 1 atom stereocenters. The molecule has 1 fully saturated rings. The molecule has 2 aliphatic rings. The Labute approximate surface area is 136 Å². The highest BCUT2D eigenvalue weighted by molar-refractivity contribution is 5.99. The Balaban J connectivity index is 0.00000176. The predicted molar refractivity (Wildman–Crippen MR) is 87.8 cm³/mol. The Morgan fingerprint density at radius 1 is 1.45 bits per heavy atom. The first kappa shape index (κ1) is 16.6. The summed E-state index contributed by atoms with van der Waals surface area (Å²) < 4.78 is 10.9. The molecule has 1 N–H and O–H groups in total. The summed E-state index contributed by atoms with van der Waals surface area (Å²) in [7, 11) is 1.63. The number of carbonyl (C=O) groups excluding carboxylic acids is 1. The van der Waals surface area contributed by atoms with E-state index < -0.39 is 0 Å². The molecule has 0 aliphatic carbocycles. The number of ether oxygens (including phenoxy) is 2. The molecule has 0 aromatic heterocycles. The molecule has 1 amide bonds. The summed E-state index contributed by atoms with van der Waals surface area (Å²) in [6, 6.07) is 5.96. The molecule has 0 radical (unpaired) electrons. The Bertz CT molecular complexity index is 589. The Morgan fingerprint density at radius 2 is 2.27 bits per heavy atom. The fraction of sp³-hybridized carbons (Fsp3) is 0.438. The highest BCUT2D eigenvalue weighted by Crippen LogP contribution is 2.30. The maximum absolute atomic E-state index is 12.6. The van der Waals surface area contributed by atoms with Crippen molar-refractivity contribution in [2.45, 2.75) is 13.0 Å². The number of rotatable bonds is 2. The Morgan fingerprint density at radius 3 is 3.00 bits per heavy atom. The average molecular weight is 325 g/mol. The number of hydrogen-bond acceptors (Lipinski definition) is 4. The SMILES string of the molecule is COc1ccc2c(c1)C=C(C(=O)N1CCNC(C)C1)CO2.Cl. The standard InChI is InChI=1S/C16H20N2O3.ClH/c1-11-9-18(6-5-17-11)16(19)13-7-12-8-14(20-2)3-4-15(12)21-10-13;/h3-4,7-8,11,17H,5-6,9-10H2,1-2H3;1H. The lowest BCUT2D eigenvalue weighted by molar-refractivity contribution is -0.128. The number of piperazine rings is 1. The maximum Gasteiger partial charge on any atom is 0.253 e. The lowest BCUT2D eigenvalue weighted by Gasteiger charge is -2.33. The van der Waals surface area contributed by atoms with Gasteiger partial charge in [0.15, 0.2) is 0 Å². The van der Waals surface area contributed by atoms with Crippen LogP contribution in [0, 0.1) is 0 Å². The van der Waals surface area contributed by atoms with Gasteiger partial charge in [0, 0.05) is 31.2 Å². The summed E-state index contributed by atoms with van der Waals surface area (Å²) in [6.07, 6.45) is 1.91. The molecule has 120 valence electrons. The van der Waals surface area contributed by atoms with Crippen LogP contribution in [0.5, 0.6) is 11.5 Å². The van der Waals surface area contributed by atoms with Gasteiger partial charge in [-0.05, 0) is 31.2 Å². The van der Waals surface area contributed by atoms with Crippen LogP contribution in [0.1, 0.15) is 12.5 Å². The van der Waals surface area contributed by atoms with E-state index in [1.807, 2.05) is 29.2 Å². The normalized spacial score (nSPS) is 20.2. The van der Waals surface area contributed by atoms with E-state index in [2.05, 4.69) is 12.2 Å². The molecule has 2 heterocycles. The first-order valence-electron chi connectivity index (χ1n) is 7.21. The molecule has 6 heteroatoms. The quantitative estimate of drug-likeness (QED) is 0.900. The molecular formula is C16H21ClN2O3. The molecule has 1 aromatic carbocycles. The summed E-state index contributed by atoms with van der Waals surface area (Å²) in [5.41, 5.74) is 1.59. The Hall–Kier alpha value is -1.72. The summed E-state index contributed by atoms with van der Waals surface area (Å²) in [6.45, 7) is 4.74. The highest BCUT2D eigenvalue weighted by Gasteiger charge is 2.25. The van der Waals surface area contributed by atoms with Crippen LogP contribution in [0.25, 0.3) is 6.08 Å². The second-order valence-corrected chi connectivity index (χ2v) is 5.47. The van der Waals surface area contributed by atoms with Gasteiger partial charge in [0.05, 0.1) is 12.7 Å². The molecule has 22 heavy (non-hydrogen) atoms. The van der Waals surface area contributed by atoms with E-state index in [-0.39, 0.29) is 18.3 Å². The number of nitrogens with one attached hydrogen (secondary N) is 1. The third kappa shape index (κ3) is 3.36. The van der Waals surface area contributed by atoms with Gasteiger partial charge in [-0.1, -0.05) is 0 Å². The summed E-state index contributed by atoms with van der Waals surface area (Å²) >= 11 is 0. The number of nitrogens with zero attached hydrogens (tertiary/aromatic N) is 1. The van der Waals surface area contributed by atoms with Gasteiger partial charge >= 0.3 is 0 Å². The van der Waals surface area contributed by atoms with Crippen LogP contribution < -0.4 is 14.8 Å². The van der Waals surface area contributed by atoms with Crippen LogP contribution in [-0.2, 0) is 4.79 Å². The maximum atomic E-state index is 12.6. The van der Waals surface area contributed by atoms with Crippen LogP contribution in [0.15, 0.2) is 23.8 Å². The molecule has 1 aromatic rings. The van der Waals surface area contributed by atoms with Crippen molar-refractivity contribution >= 4 is 24.4 Å². The molecule has 2 aliphatic heterocycles. The van der Waals surface area contributed by atoms with Gasteiger partial charge in [0.25, 0.3) is 5.91 Å². The van der Waals surface area contributed by atoms with E-state index in [4.69, 9.17) is 9.47 Å². The van der Waals surface area contributed by atoms with E-state index in [0.717, 1.165) is 36.7 Å². The number of benzene rings is 1. The van der Waals surface area contributed by atoms with Crippen molar-refractivity contribution in [3.63, 3.8) is 0 Å². The predicted octanol–water partition coefficient (Wildman–Crippen LogP) is 1.71.